The van der Waals surface area contributed by atoms with Crippen LogP contribution in [0.4, 0.5) is 21.0 Å². The molecule has 14 atom stereocenters. The molecule has 5 aliphatic carbocycles. The summed E-state index contributed by atoms with van der Waals surface area (Å²) in [5.41, 5.74) is 16.3. The van der Waals surface area contributed by atoms with Crippen LogP contribution < -0.4 is 64.1 Å². The summed E-state index contributed by atoms with van der Waals surface area (Å²) in [6, 6.07) is 18.5. The summed E-state index contributed by atoms with van der Waals surface area (Å²) in [5.74, 6) is 1.53. The zero-order valence-electron chi connectivity index (χ0n) is 84.3. The van der Waals surface area contributed by atoms with Gasteiger partial charge in [0.2, 0.25) is 47.3 Å². The Bertz CT molecular complexity index is 5020. The Hall–Kier alpha value is -10.7. The Labute approximate surface area is 850 Å². The number of benzene rings is 3. The summed E-state index contributed by atoms with van der Waals surface area (Å²) >= 11 is -1.98. The average molecular weight is 2050 g/mol. The number of hydrazine groups is 2. The number of unbranched alkanes of at least 4 members (excludes halogenated alkanes) is 1. The fraction of sp³-hybridized carbons (Fsp3) is 0.631. The summed E-state index contributed by atoms with van der Waals surface area (Å²) in [6.07, 6.45) is 8.79. The molecule has 0 bridgehead atoms. The quantitative estimate of drug-likeness (QED) is 0.0192. The number of aliphatic hydroxyl groups excluding tert-OH is 1. The van der Waals surface area contributed by atoms with Crippen LogP contribution in [0, 0.1) is 46.3 Å². The molecule has 42 heteroatoms. The van der Waals surface area contributed by atoms with Crippen LogP contribution in [0.1, 0.15) is 179 Å². The number of nitrogens with zero attached hydrogens (tertiary/aromatic N) is 3. The van der Waals surface area contributed by atoms with Gasteiger partial charge in [-0.1, -0.05) is 114 Å². The number of fused-ring (bicyclic) bond motifs is 9. The zero-order valence-corrected chi connectivity index (χ0v) is 85.1. The van der Waals surface area contributed by atoms with Crippen molar-refractivity contribution in [1.29, 1.82) is 0 Å². The number of ketones is 2. The summed E-state index contributed by atoms with van der Waals surface area (Å²) in [5, 5.41) is 35.9. The number of carbonyl (C=O) groups excluding carboxylic acids is 12. The van der Waals surface area contributed by atoms with E-state index in [2.05, 4.69) is 72.3 Å². The lowest BCUT2D eigenvalue weighted by molar-refractivity contribution is -0.198. The molecule has 798 valence electrons. The maximum Gasteiger partial charge on any atom is 0.407 e. The number of alkyl carbamates (subject to hydrolysis) is 1. The molecule has 8 aliphatic rings. The molecule has 11 amide bonds. The second-order valence-corrected chi connectivity index (χ2v) is 39.1. The molecule has 3 heterocycles. The van der Waals surface area contributed by atoms with Gasteiger partial charge >= 0.3 is 12.1 Å². The topological polar surface area (TPSA) is 529 Å². The number of primary amides is 1. The maximum absolute atomic E-state index is 14.8. The molecule has 41 nitrogen and oxygen atoms in total. The van der Waals surface area contributed by atoms with Crippen LogP contribution in [-0.4, -0.2) is 307 Å². The number of hydrogen-bond donors (Lipinski definition) is 13. The molecule has 14 N–H and O–H groups in total. The molecule has 0 aromatic heterocycles. The Morgan fingerprint density at radius 2 is 1.30 bits per heavy atom. The van der Waals surface area contributed by atoms with Gasteiger partial charge < -0.3 is 130 Å². The van der Waals surface area contributed by atoms with Crippen LogP contribution in [0.15, 0.2) is 108 Å². The van der Waals surface area contributed by atoms with Crippen LogP contribution in [-0.2, 0) is 129 Å². The van der Waals surface area contributed by atoms with Gasteiger partial charge in [0.1, 0.15) is 31.4 Å². The Morgan fingerprint density at radius 3 is 1.99 bits per heavy atom. The highest BCUT2D eigenvalue weighted by molar-refractivity contribution is 7.79. The first-order valence-corrected chi connectivity index (χ1v) is 52.1. The monoisotopic (exact) mass is 2050 g/mol. The van der Waals surface area contributed by atoms with E-state index in [0.717, 1.165) is 46.5 Å². The SMILES string of the molecule is CCCC1O[C@@H]2CC3C4CCC5=CC(=O)C=C[C@]5(C)C4[C@@H](O)C[C@]3(C)[C@]2(C(=O)CNC(=O)OCc2ccc(NC(=O)CNC(=O)[C@@H](NC(=O)[C@@H](CCCCNC(=O)COC3CCC(N(CCC)C(N)=O)CCC4=C3NNN4CCOCCOCCOCCOCCC(=O)NCCS(=O)O)NC(=O)CCOCCOCCOCCOCCNC(=O)CCC(=O)N3Cc4ccccc4C#Cc4ccccc43)C(C)C)cc2)O1. The highest BCUT2D eigenvalue weighted by Gasteiger charge is 2.76. The van der Waals surface area contributed by atoms with E-state index < -0.39 is 125 Å². The molecule has 11 rings (SSSR count). The molecule has 145 heavy (non-hydrogen) atoms. The van der Waals surface area contributed by atoms with Gasteiger partial charge in [-0.25, -0.2) is 13.8 Å². The van der Waals surface area contributed by atoms with Gasteiger partial charge in [-0.15, -0.1) is 5.53 Å². The predicted octanol–water partition coefficient (Wildman–Crippen LogP) is 5.37. The van der Waals surface area contributed by atoms with Crippen LogP contribution in [0.2, 0.25) is 0 Å². The third-order valence-corrected chi connectivity index (χ3v) is 28.3. The van der Waals surface area contributed by atoms with Crippen LogP contribution in [0.25, 0.3) is 0 Å². The fourth-order valence-corrected chi connectivity index (χ4v) is 20.7. The van der Waals surface area contributed by atoms with Crippen molar-refractivity contribution < 1.29 is 128 Å². The van der Waals surface area contributed by atoms with E-state index in [1.165, 1.54) is 0 Å². The van der Waals surface area contributed by atoms with Crippen molar-refractivity contribution in [2.75, 3.05) is 174 Å². The second kappa shape index (κ2) is 58.7. The van der Waals surface area contributed by atoms with Crippen LogP contribution in [0.5, 0.6) is 0 Å². The number of Topliss-reactive ketones (excluding diaryl/α,β-unsaturated/α-hetero) is 1. The van der Waals surface area contributed by atoms with Gasteiger partial charge in [0, 0.05) is 91.5 Å². The van der Waals surface area contributed by atoms with Gasteiger partial charge in [-0.2, -0.15) is 0 Å². The standard InChI is InChI=1S/C103H148N14O27S/c1-7-15-93-143-86-62-79-78-30-25-74-61-77(118)35-38-101(74,5)94(78)83(119)63-102(79,6)103(86,144-93)85(120)64-109-100(130)142-67-70-21-26-75(27-22-70)110-90(124)65-108-98(128)95(69(3)4)112-97(127)80(111-89(123)37-45-134-49-53-138-56-58-139-54-50-135-46-40-106-87(121)33-34-92(126)116-66-73-18-10-9-16-71(73)23-24-72-17-11-12-20-81(72)116)19-13-14-39-105-91(125)68-141-84-32-29-76(115(42-8-2)99(104)129)28-31-82-96(84)113-114-117(82)43-47-136-51-55-140-59-57-137-52-48-133-44-36-88(122)107-41-60-145(131)132/h9-12,16-18,20-22,26-27,35,38,61,69,76,78-80,83-84,86,93-95,113-114,119H,7-8,13-15,19,25,28-34,36-37,39-60,62-68H2,1-6H3,(H2,104,129)(H,105,125)(H,106,121)(H,107,122)(H,108,128)(H,109,130)(H,110,124)(H,111,123)(H,112,127)(H,131,132)/t76?,78?,79?,80-,83+,84?,86-,93?,94?,95+,101+,102+,103-/m1/s1. The normalized spacial score (nSPS) is 22.7. The number of anilines is 2. The molecular formula is C103H148N14O27S. The van der Waals surface area contributed by atoms with Gasteiger partial charge in [0.05, 0.1) is 167 Å². The third kappa shape index (κ3) is 33.6. The van der Waals surface area contributed by atoms with E-state index >= 15 is 0 Å². The first-order chi connectivity index (χ1) is 70.0. The molecule has 3 aliphatic heterocycles. The minimum atomic E-state index is -1.98. The minimum absolute atomic E-state index is 0.00325. The molecule has 4 fully saturated rings. The number of rotatable bonds is 62. The fourth-order valence-electron chi connectivity index (χ4n) is 20.5. The largest absolute Gasteiger partial charge is 0.445 e. The number of carbonyl (C=O) groups is 12. The van der Waals surface area contributed by atoms with Crippen molar-refractivity contribution in [2.24, 2.45) is 40.2 Å². The third-order valence-electron chi connectivity index (χ3n) is 27.7. The smallest absolute Gasteiger partial charge is 0.407 e. The van der Waals surface area contributed by atoms with Gasteiger partial charge in [-0.05, 0) is 155 Å². The first kappa shape index (κ1) is 115. The van der Waals surface area contributed by atoms with Crippen LogP contribution in [0.3, 0.4) is 0 Å². The molecule has 0 spiro atoms. The van der Waals surface area contributed by atoms with Gasteiger partial charge in [0.25, 0.3) is 0 Å². The number of nitrogens with two attached hydrogens (primary N) is 1. The van der Waals surface area contributed by atoms with Crippen molar-refractivity contribution >= 4 is 93.4 Å². The Kier molecular flexibility index (Phi) is 46.4. The van der Waals surface area contributed by atoms with E-state index in [1.54, 1.807) is 60.1 Å². The average Bonchev–Trinajstić information content (AvgIpc) is 1.51. The van der Waals surface area contributed by atoms with E-state index in [9.17, 15) is 66.8 Å². The van der Waals surface area contributed by atoms with Crippen molar-refractivity contribution in [3.63, 3.8) is 0 Å². The molecule has 3 saturated carbocycles. The van der Waals surface area contributed by atoms with E-state index in [-0.39, 0.29) is 196 Å². The lowest BCUT2D eigenvalue weighted by Gasteiger charge is -2.59. The zero-order chi connectivity index (χ0) is 104. The highest BCUT2D eigenvalue weighted by Crippen LogP contribution is 2.70. The van der Waals surface area contributed by atoms with E-state index in [0.29, 0.717) is 140 Å². The van der Waals surface area contributed by atoms with E-state index in [1.807, 2.05) is 80.4 Å². The van der Waals surface area contributed by atoms with Crippen LogP contribution >= 0.6 is 0 Å². The number of urea groups is 1. The molecule has 1 saturated heterocycles. The first-order valence-electron chi connectivity index (χ1n) is 50.9. The minimum Gasteiger partial charge on any atom is -0.445 e. The number of allylic oxidation sites excluding steroid dienone is 5. The number of amides is 11. The number of aliphatic hydroxyl groups is 1. The lowest BCUT2D eigenvalue weighted by atomic mass is 9.46. The Morgan fingerprint density at radius 1 is 0.662 bits per heavy atom. The highest BCUT2D eigenvalue weighted by atomic mass is 32.2. The van der Waals surface area contributed by atoms with Crippen molar-refractivity contribution in [1.82, 2.24) is 58.1 Å². The van der Waals surface area contributed by atoms with Crippen molar-refractivity contribution in [3.8, 4) is 11.8 Å². The summed E-state index contributed by atoms with van der Waals surface area (Å²) < 4.78 is 90.1. The number of nitrogens with one attached hydrogen (secondary N) is 10. The lowest BCUT2D eigenvalue weighted by Crippen LogP contribution is -2.64. The Balaban J connectivity index is 0.606. The van der Waals surface area contributed by atoms with Crippen molar-refractivity contribution in [2.45, 2.75) is 219 Å². The summed E-state index contributed by atoms with van der Waals surface area (Å²) in [7, 11) is 0. The van der Waals surface area contributed by atoms with Crippen molar-refractivity contribution in [3.05, 3.63) is 130 Å². The summed E-state index contributed by atoms with van der Waals surface area (Å²) in [4.78, 5) is 164. The maximum atomic E-state index is 14.8. The summed E-state index contributed by atoms with van der Waals surface area (Å²) in [6.45, 7) is 15.7. The molecule has 0 radical (unpaired) electrons. The van der Waals surface area contributed by atoms with Gasteiger partial charge in [-0.3, -0.25) is 53.0 Å². The number of para-hydroxylation sites is 1. The molecule has 7 unspecified atom stereocenters. The molecule has 3 aromatic carbocycles. The van der Waals surface area contributed by atoms with E-state index in [4.69, 9.17) is 67.1 Å². The molecule has 3 aromatic rings. The second-order valence-electron chi connectivity index (χ2n) is 38.0. The molecular weight excluding hydrogens is 1900 g/mol. The number of ether oxygens (including phenoxy) is 12. The predicted molar refractivity (Wildman–Crippen MR) is 533 cm³/mol. The van der Waals surface area contributed by atoms with Gasteiger partial charge in [0.15, 0.2) is 34.5 Å². The number of hydrogen-bond acceptors (Lipinski definition) is 29.